The largest absolute Gasteiger partial charge is 0.144 e. The molecule has 0 amide bonds. The van der Waals surface area contributed by atoms with Gasteiger partial charge in [0.05, 0.1) is 0 Å². The Labute approximate surface area is 233 Å². The van der Waals surface area contributed by atoms with Gasteiger partial charge in [-0.25, -0.2) is 0 Å². The van der Waals surface area contributed by atoms with E-state index in [1.807, 2.05) is 22.7 Å². The van der Waals surface area contributed by atoms with Gasteiger partial charge in [-0.1, -0.05) is 129 Å². The molecule has 0 aromatic carbocycles. The molecule has 36 heavy (non-hydrogen) atoms. The Morgan fingerprint density at radius 1 is 0.444 bits per heavy atom. The highest BCUT2D eigenvalue weighted by Crippen LogP contribution is 2.23. The monoisotopic (exact) mass is 528 g/mol. The molecule has 0 aliphatic carbocycles. The van der Waals surface area contributed by atoms with Gasteiger partial charge in [0.25, 0.3) is 0 Å². The number of thiophene rings is 2. The van der Waals surface area contributed by atoms with Crippen LogP contribution in [0.25, 0.3) is 12.2 Å². The second-order valence-electron chi connectivity index (χ2n) is 10.9. The zero-order valence-corrected chi connectivity index (χ0v) is 25.5. The SMILES string of the molecule is CCCCCCCCCCCCc1csc(C=Cc2cc(CCCCCCCCCCCC)cs2)c1. The van der Waals surface area contributed by atoms with Gasteiger partial charge in [-0.2, -0.15) is 0 Å². The van der Waals surface area contributed by atoms with E-state index in [0.717, 1.165) is 0 Å². The van der Waals surface area contributed by atoms with Crippen LogP contribution in [0.15, 0.2) is 22.9 Å². The predicted octanol–water partition coefficient (Wildman–Crippen LogP) is 12.9. The maximum absolute atomic E-state index is 2.41. The van der Waals surface area contributed by atoms with E-state index in [4.69, 9.17) is 0 Å². The molecule has 0 N–H and O–H groups in total. The molecule has 0 spiro atoms. The Morgan fingerprint density at radius 3 is 1.08 bits per heavy atom. The van der Waals surface area contributed by atoms with E-state index in [1.165, 1.54) is 162 Å². The number of hydrogen-bond acceptors (Lipinski definition) is 2. The molecule has 0 aliphatic rings. The summed E-state index contributed by atoms with van der Waals surface area (Å²) in [5.74, 6) is 0. The van der Waals surface area contributed by atoms with Crippen molar-refractivity contribution in [1.29, 1.82) is 0 Å². The van der Waals surface area contributed by atoms with E-state index in [2.05, 4.69) is 48.9 Å². The standard InChI is InChI=1S/C34H56S2/c1-3-5-7-9-11-13-15-17-19-21-23-31-27-33(35-29-31)25-26-34-28-32(30-36-34)24-22-20-18-16-14-12-10-8-6-4-2/h25-30H,3-24H2,1-2H3. The molecule has 2 rings (SSSR count). The third kappa shape index (κ3) is 16.1. The van der Waals surface area contributed by atoms with Crippen LogP contribution in [-0.2, 0) is 12.8 Å². The third-order valence-electron chi connectivity index (χ3n) is 7.40. The Kier molecular flexibility index (Phi) is 19.3. The first-order chi connectivity index (χ1) is 17.8. The zero-order valence-electron chi connectivity index (χ0n) is 23.8. The van der Waals surface area contributed by atoms with Crippen molar-refractivity contribution in [3.63, 3.8) is 0 Å². The first-order valence-electron chi connectivity index (χ1n) is 15.6. The summed E-state index contributed by atoms with van der Waals surface area (Å²) in [6.07, 6.45) is 35.5. The van der Waals surface area contributed by atoms with Crippen LogP contribution < -0.4 is 0 Å². The fraction of sp³-hybridized carbons (Fsp3) is 0.706. The molecular formula is C34H56S2. The van der Waals surface area contributed by atoms with Crippen LogP contribution in [0.3, 0.4) is 0 Å². The summed E-state index contributed by atoms with van der Waals surface area (Å²) in [7, 11) is 0. The molecule has 0 nitrogen and oxygen atoms in total. The van der Waals surface area contributed by atoms with Crippen molar-refractivity contribution < 1.29 is 0 Å². The van der Waals surface area contributed by atoms with E-state index in [1.54, 1.807) is 0 Å². The van der Waals surface area contributed by atoms with Gasteiger partial charge in [0.1, 0.15) is 0 Å². The van der Waals surface area contributed by atoms with Gasteiger partial charge in [0.2, 0.25) is 0 Å². The van der Waals surface area contributed by atoms with Gasteiger partial charge in [-0.3, -0.25) is 0 Å². The quantitative estimate of drug-likeness (QED) is 0.119. The molecular weight excluding hydrogens is 473 g/mol. The van der Waals surface area contributed by atoms with Gasteiger partial charge in [0.15, 0.2) is 0 Å². The van der Waals surface area contributed by atoms with E-state index in [9.17, 15) is 0 Å². The van der Waals surface area contributed by atoms with Crippen LogP contribution in [-0.4, -0.2) is 0 Å². The van der Waals surface area contributed by atoms with Gasteiger partial charge >= 0.3 is 0 Å². The Balaban J connectivity index is 1.50. The number of hydrogen-bond donors (Lipinski definition) is 0. The molecule has 0 saturated heterocycles. The van der Waals surface area contributed by atoms with Gasteiger partial charge in [-0.15, -0.1) is 22.7 Å². The Hall–Kier alpha value is -0.860. The smallest absolute Gasteiger partial charge is 0.0273 e. The lowest BCUT2D eigenvalue weighted by molar-refractivity contribution is 0.556. The first-order valence-corrected chi connectivity index (χ1v) is 17.4. The number of rotatable bonds is 24. The fourth-order valence-electron chi connectivity index (χ4n) is 5.02. The summed E-state index contributed by atoms with van der Waals surface area (Å²) in [6.45, 7) is 4.60. The molecule has 0 unspecified atom stereocenters. The lowest BCUT2D eigenvalue weighted by Gasteiger charge is -2.02. The molecule has 2 heteroatoms. The summed E-state index contributed by atoms with van der Waals surface area (Å²) in [4.78, 5) is 2.81. The van der Waals surface area contributed by atoms with Crippen molar-refractivity contribution >= 4 is 34.8 Å². The van der Waals surface area contributed by atoms with Crippen molar-refractivity contribution in [2.75, 3.05) is 0 Å². The van der Waals surface area contributed by atoms with Gasteiger partial charge < -0.3 is 0 Å². The molecule has 0 bridgehead atoms. The molecule has 2 aromatic rings. The highest BCUT2D eigenvalue weighted by Gasteiger charge is 2.01. The molecule has 2 heterocycles. The molecule has 2 aromatic heterocycles. The Morgan fingerprint density at radius 2 is 0.750 bits per heavy atom. The summed E-state index contributed by atoms with van der Waals surface area (Å²) in [5.41, 5.74) is 3.07. The highest BCUT2D eigenvalue weighted by molar-refractivity contribution is 7.12. The summed E-state index contributed by atoms with van der Waals surface area (Å²) >= 11 is 3.81. The van der Waals surface area contributed by atoms with Crippen LogP contribution >= 0.6 is 22.7 Å². The molecule has 204 valence electrons. The van der Waals surface area contributed by atoms with Crippen LogP contribution in [0, 0.1) is 0 Å². The lowest BCUT2D eigenvalue weighted by Crippen LogP contribution is -1.84. The van der Waals surface area contributed by atoms with Crippen LogP contribution in [0.1, 0.15) is 163 Å². The van der Waals surface area contributed by atoms with Crippen molar-refractivity contribution in [2.45, 2.75) is 155 Å². The van der Waals surface area contributed by atoms with Crippen molar-refractivity contribution in [1.82, 2.24) is 0 Å². The molecule has 0 aliphatic heterocycles. The average molecular weight is 529 g/mol. The molecule has 0 saturated carbocycles. The summed E-state index contributed by atoms with van der Waals surface area (Å²) in [5, 5.41) is 4.75. The van der Waals surface area contributed by atoms with Gasteiger partial charge in [-0.05, 0) is 71.9 Å². The lowest BCUT2D eigenvalue weighted by atomic mass is 10.0. The van der Waals surface area contributed by atoms with Crippen molar-refractivity contribution in [2.24, 2.45) is 0 Å². The van der Waals surface area contributed by atoms with Gasteiger partial charge in [0, 0.05) is 9.75 Å². The number of unbranched alkanes of at least 4 members (excludes halogenated alkanes) is 18. The minimum atomic E-state index is 1.25. The maximum atomic E-state index is 2.41. The first kappa shape index (κ1) is 31.4. The number of aryl methyl sites for hydroxylation is 2. The highest BCUT2D eigenvalue weighted by atomic mass is 32.1. The second kappa shape index (κ2) is 22.2. The summed E-state index contributed by atoms with van der Waals surface area (Å²) < 4.78 is 0. The Bertz CT molecular complexity index is 701. The van der Waals surface area contributed by atoms with Crippen LogP contribution in [0.5, 0.6) is 0 Å². The van der Waals surface area contributed by atoms with Crippen LogP contribution in [0.2, 0.25) is 0 Å². The topological polar surface area (TPSA) is 0 Å². The second-order valence-corrected chi connectivity index (χ2v) is 12.8. The van der Waals surface area contributed by atoms with Crippen LogP contribution in [0.4, 0.5) is 0 Å². The van der Waals surface area contributed by atoms with Crippen molar-refractivity contribution in [3.8, 4) is 0 Å². The minimum Gasteiger partial charge on any atom is -0.144 e. The molecule has 0 radical (unpaired) electrons. The average Bonchev–Trinajstić information content (AvgIpc) is 3.54. The maximum Gasteiger partial charge on any atom is 0.0273 e. The third-order valence-corrected chi connectivity index (χ3v) is 9.29. The minimum absolute atomic E-state index is 1.25. The fourth-order valence-corrected chi connectivity index (χ4v) is 6.70. The van der Waals surface area contributed by atoms with Crippen molar-refractivity contribution in [3.05, 3.63) is 43.8 Å². The normalized spacial score (nSPS) is 11.7. The van der Waals surface area contributed by atoms with E-state index in [-0.39, 0.29) is 0 Å². The predicted molar refractivity (Wildman–Crippen MR) is 169 cm³/mol. The zero-order chi connectivity index (χ0) is 25.5. The summed E-state index contributed by atoms with van der Waals surface area (Å²) in [6, 6.07) is 4.82. The van der Waals surface area contributed by atoms with E-state index < -0.39 is 0 Å². The molecule has 0 atom stereocenters. The molecule has 0 fully saturated rings. The van der Waals surface area contributed by atoms with E-state index >= 15 is 0 Å². The van der Waals surface area contributed by atoms with E-state index in [0.29, 0.717) is 0 Å².